The Bertz CT molecular complexity index is 864. The Labute approximate surface area is 195 Å². The highest BCUT2D eigenvalue weighted by molar-refractivity contribution is 5.74. The number of carbonyl (C=O) groups is 1. The third-order valence-corrected chi connectivity index (χ3v) is 6.81. The topological polar surface area (TPSA) is 29.5 Å². The molecule has 1 aliphatic rings. The van der Waals surface area contributed by atoms with Crippen molar-refractivity contribution in [2.75, 3.05) is 0 Å². The molecule has 0 heterocycles. The van der Waals surface area contributed by atoms with Crippen LogP contribution in [0, 0.1) is 17.3 Å². The van der Waals surface area contributed by atoms with E-state index in [1.807, 2.05) is 20.8 Å². The molecule has 0 aliphatic heterocycles. The maximum absolute atomic E-state index is 13.4. The number of nitrogens with zero attached hydrogens (tertiary/aromatic N) is 1. The smallest absolute Gasteiger partial charge is 0.311 e. The molecule has 0 N–H and O–H groups in total. The van der Waals surface area contributed by atoms with Crippen LogP contribution in [0.1, 0.15) is 78.5 Å². The van der Waals surface area contributed by atoms with E-state index in [4.69, 9.17) is 4.74 Å². The fourth-order valence-electron chi connectivity index (χ4n) is 5.24. The summed E-state index contributed by atoms with van der Waals surface area (Å²) in [5.41, 5.74) is 2.19. The molecular weight excluding hydrogens is 394 g/mol. The lowest BCUT2D eigenvalue weighted by molar-refractivity contribution is -0.163. The molecule has 0 unspecified atom stereocenters. The van der Waals surface area contributed by atoms with Gasteiger partial charge in [0.1, 0.15) is 5.60 Å². The van der Waals surface area contributed by atoms with Gasteiger partial charge in [0.2, 0.25) is 0 Å². The standard InChI is InChI=1S/C29H41NO2/c1-21(23-16-12-9-13-17-23)30(20-22-14-10-8-11-15-22)26-24(27(31)32-29(5,6)7)18-19-25(26)28(2,3)4/h8-17,21,24-26H,18-20H2,1-7H3/t21-,24-,25+,26+/m0/s1. The molecule has 0 amide bonds. The van der Waals surface area contributed by atoms with E-state index < -0.39 is 5.60 Å². The number of benzene rings is 2. The lowest BCUT2D eigenvalue weighted by Gasteiger charge is -2.44. The maximum atomic E-state index is 13.4. The van der Waals surface area contributed by atoms with Gasteiger partial charge in [-0.3, -0.25) is 9.69 Å². The molecule has 1 fully saturated rings. The first-order chi connectivity index (χ1) is 15.0. The Balaban J connectivity index is 2.04. The van der Waals surface area contributed by atoms with Gasteiger partial charge in [-0.1, -0.05) is 81.4 Å². The van der Waals surface area contributed by atoms with Crippen LogP contribution in [-0.4, -0.2) is 22.5 Å². The number of esters is 1. The minimum Gasteiger partial charge on any atom is -0.460 e. The molecule has 0 spiro atoms. The predicted molar refractivity (Wildman–Crippen MR) is 132 cm³/mol. The summed E-state index contributed by atoms with van der Waals surface area (Å²) in [4.78, 5) is 16.0. The highest BCUT2D eigenvalue weighted by Crippen LogP contribution is 2.48. The second kappa shape index (κ2) is 9.79. The molecule has 1 saturated carbocycles. The molecule has 2 aromatic carbocycles. The highest BCUT2D eigenvalue weighted by Gasteiger charge is 2.49. The quantitative estimate of drug-likeness (QED) is 0.456. The highest BCUT2D eigenvalue weighted by atomic mass is 16.6. The number of rotatable bonds is 6. The molecule has 0 bridgehead atoms. The van der Waals surface area contributed by atoms with Gasteiger partial charge in [0.25, 0.3) is 0 Å². The minimum atomic E-state index is -0.475. The van der Waals surface area contributed by atoms with Gasteiger partial charge in [0.05, 0.1) is 5.92 Å². The van der Waals surface area contributed by atoms with Crippen molar-refractivity contribution in [3.63, 3.8) is 0 Å². The number of hydrogen-bond donors (Lipinski definition) is 0. The molecule has 4 atom stereocenters. The lowest BCUT2D eigenvalue weighted by Crippen LogP contribution is -2.49. The van der Waals surface area contributed by atoms with E-state index in [-0.39, 0.29) is 29.4 Å². The Morgan fingerprint density at radius 1 is 0.938 bits per heavy atom. The average Bonchev–Trinajstić information content (AvgIpc) is 3.17. The second-order valence-corrected chi connectivity index (χ2v) is 11.4. The van der Waals surface area contributed by atoms with Crippen molar-refractivity contribution < 1.29 is 9.53 Å². The SMILES string of the molecule is C[C@@H](c1ccccc1)N(Cc1ccccc1)[C@@H]1[C@@H](C(=O)OC(C)(C)C)CC[C@H]1C(C)(C)C. The third kappa shape index (κ3) is 6.01. The first-order valence-electron chi connectivity index (χ1n) is 12.0. The molecule has 1 aliphatic carbocycles. The van der Waals surface area contributed by atoms with Crippen LogP contribution in [0.5, 0.6) is 0 Å². The van der Waals surface area contributed by atoms with Gasteiger partial charge in [0, 0.05) is 18.6 Å². The number of carbonyl (C=O) groups excluding carboxylic acids is 1. The fraction of sp³-hybridized carbons (Fsp3) is 0.552. The van der Waals surface area contributed by atoms with Gasteiger partial charge >= 0.3 is 5.97 Å². The van der Waals surface area contributed by atoms with E-state index in [1.165, 1.54) is 11.1 Å². The Hall–Kier alpha value is -2.13. The summed E-state index contributed by atoms with van der Waals surface area (Å²) in [6, 6.07) is 21.6. The van der Waals surface area contributed by atoms with Crippen LogP contribution in [0.2, 0.25) is 0 Å². The fourth-order valence-corrected chi connectivity index (χ4v) is 5.24. The summed E-state index contributed by atoms with van der Waals surface area (Å²) >= 11 is 0. The summed E-state index contributed by atoms with van der Waals surface area (Å²) in [6.07, 6.45) is 1.93. The average molecular weight is 436 g/mol. The van der Waals surface area contributed by atoms with Gasteiger partial charge in [-0.25, -0.2) is 0 Å². The minimum absolute atomic E-state index is 0.0485. The van der Waals surface area contributed by atoms with Crippen LogP contribution in [-0.2, 0) is 16.1 Å². The molecule has 3 heteroatoms. The second-order valence-electron chi connectivity index (χ2n) is 11.4. The van der Waals surface area contributed by atoms with Crippen molar-refractivity contribution in [3.8, 4) is 0 Å². The zero-order valence-electron chi connectivity index (χ0n) is 21.0. The Kier molecular flexibility index (Phi) is 7.50. The lowest BCUT2D eigenvalue weighted by atomic mass is 9.75. The van der Waals surface area contributed by atoms with Crippen molar-refractivity contribution in [1.82, 2.24) is 4.90 Å². The van der Waals surface area contributed by atoms with Crippen LogP contribution >= 0.6 is 0 Å². The Morgan fingerprint density at radius 3 is 2.03 bits per heavy atom. The summed E-state index contributed by atoms with van der Waals surface area (Å²) < 4.78 is 5.93. The summed E-state index contributed by atoms with van der Waals surface area (Å²) in [6.45, 7) is 15.9. The van der Waals surface area contributed by atoms with E-state index in [1.54, 1.807) is 0 Å². The van der Waals surface area contributed by atoms with Crippen molar-refractivity contribution >= 4 is 5.97 Å². The van der Waals surface area contributed by atoms with Gasteiger partial charge in [-0.2, -0.15) is 0 Å². The molecule has 32 heavy (non-hydrogen) atoms. The van der Waals surface area contributed by atoms with Crippen LogP contribution in [0.3, 0.4) is 0 Å². The molecule has 0 aromatic heterocycles. The molecule has 0 saturated heterocycles. The third-order valence-electron chi connectivity index (χ3n) is 6.81. The largest absolute Gasteiger partial charge is 0.460 e. The molecular formula is C29H41NO2. The molecule has 0 radical (unpaired) electrons. The zero-order chi connectivity index (χ0) is 23.5. The van der Waals surface area contributed by atoms with Crippen molar-refractivity contribution in [1.29, 1.82) is 0 Å². The van der Waals surface area contributed by atoms with Crippen LogP contribution < -0.4 is 0 Å². The van der Waals surface area contributed by atoms with E-state index >= 15 is 0 Å². The zero-order valence-corrected chi connectivity index (χ0v) is 21.0. The maximum Gasteiger partial charge on any atom is 0.311 e. The van der Waals surface area contributed by atoms with Crippen molar-refractivity contribution in [2.45, 2.75) is 85.5 Å². The molecule has 174 valence electrons. The van der Waals surface area contributed by atoms with E-state index in [0.717, 1.165) is 19.4 Å². The van der Waals surface area contributed by atoms with E-state index in [0.29, 0.717) is 5.92 Å². The number of hydrogen-bond acceptors (Lipinski definition) is 3. The van der Waals surface area contributed by atoms with Crippen LogP contribution in [0.4, 0.5) is 0 Å². The molecule has 3 rings (SSSR count). The Morgan fingerprint density at radius 2 is 1.50 bits per heavy atom. The van der Waals surface area contributed by atoms with Gasteiger partial charge < -0.3 is 4.74 Å². The van der Waals surface area contributed by atoms with Crippen LogP contribution in [0.25, 0.3) is 0 Å². The summed E-state index contributed by atoms with van der Waals surface area (Å²) in [7, 11) is 0. The van der Waals surface area contributed by atoms with Gasteiger partial charge in [-0.05, 0) is 63.0 Å². The summed E-state index contributed by atoms with van der Waals surface area (Å²) in [5, 5.41) is 0. The first-order valence-corrected chi connectivity index (χ1v) is 12.0. The molecule has 3 nitrogen and oxygen atoms in total. The number of ether oxygens (including phenoxy) is 1. The first kappa shape index (κ1) is 24.5. The van der Waals surface area contributed by atoms with E-state index in [2.05, 4.69) is 93.3 Å². The van der Waals surface area contributed by atoms with Gasteiger partial charge in [-0.15, -0.1) is 0 Å². The normalized spacial score (nSPS) is 22.7. The molecule has 2 aromatic rings. The van der Waals surface area contributed by atoms with Gasteiger partial charge in [0.15, 0.2) is 0 Å². The summed E-state index contributed by atoms with van der Waals surface area (Å²) in [5.74, 6) is 0.246. The van der Waals surface area contributed by atoms with E-state index in [9.17, 15) is 4.79 Å². The predicted octanol–water partition coefficient (Wildman–Crippen LogP) is 7.03. The van der Waals surface area contributed by atoms with Crippen molar-refractivity contribution in [2.24, 2.45) is 17.3 Å². The monoisotopic (exact) mass is 435 g/mol. The van der Waals surface area contributed by atoms with Crippen molar-refractivity contribution in [3.05, 3.63) is 71.8 Å². The van der Waals surface area contributed by atoms with Crippen LogP contribution in [0.15, 0.2) is 60.7 Å².